The molecule has 0 unspecified atom stereocenters. The molecular weight excluding hydrogens is 329 g/mol. The first-order valence-electron chi connectivity index (χ1n) is 7.51. The van der Waals surface area contributed by atoms with Crippen LogP contribution >= 0.6 is 0 Å². The summed E-state index contributed by atoms with van der Waals surface area (Å²) in [5.41, 5.74) is 4.37. The van der Waals surface area contributed by atoms with Crippen LogP contribution < -0.4 is 0 Å². The maximum Gasteiger partial charge on any atom is 0.328 e. The summed E-state index contributed by atoms with van der Waals surface area (Å²) in [4.78, 5) is 21.4. The molecule has 0 saturated heterocycles. The first-order chi connectivity index (χ1) is 11.9. The first-order valence-corrected chi connectivity index (χ1v) is 7.51. The van der Waals surface area contributed by atoms with Crippen LogP contribution in [-0.4, -0.2) is 50.8 Å². The Morgan fingerprint density at radius 3 is 2.36 bits per heavy atom. The van der Waals surface area contributed by atoms with Gasteiger partial charge in [0.1, 0.15) is 5.82 Å². The zero-order valence-corrected chi connectivity index (χ0v) is 13.6. The number of carboxylic acid groups (broad SMARTS) is 2. The summed E-state index contributed by atoms with van der Waals surface area (Å²) < 4.78 is 12.9. The molecule has 1 aliphatic rings. The molecular formula is C17H18FN3O4. The van der Waals surface area contributed by atoms with Crippen LogP contribution in [0.1, 0.15) is 11.3 Å². The molecule has 0 amide bonds. The molecule has 1 aliphatic heterocycles. The van der Waals surface area contributed by atoms with Crippen LogP contribution in [0.4, 0.5) is 4.39 Å². The Hall–Kier alpha value is -3.00. The number of nitrogens with zero attached hydrogens (tertiary/aromatic N) is 2. The van der Waals surface area contributed by atoms with Gasteiger partial charge in [0, 0.05) is 48.5 Å². The lowest BCUT2D eigenvalue weighted by atomic mass is 10.0. The highest BCUT2D eigenvalue weighted by Crippen LogP contribution is 2.27. The number of carboxylic acids is 2. The number of likely N-dealkylation sites (N-methyl/N-ethyl adjacent to an activating group) is 1. The number of benzene rings is 1. The van der Waals surface area contributed by atoms with Crippen LogP contribution in [0.3, 0.4) is 0 Å². The van der Waals surface area contributed by atoms with Crippen molar-refractivity contribution in [2.45, 2.75) is 13.0 Å². The molecule has 0 saturated carbocycles. The third kappa shape index (κ3) is 5.25. The van der Waals surface area contributed by atoms with Crippen LogP contribution in [0.5, 0.6) is 0 Å². The number of aliphatic carboxylic acids is 2. The molecule has 2 aromatic rings. The van der Waals surface area contributed by atoms with Gasteiger partial charge in [0.05, 0.1) is 5.69 Å². The molecule has 2 heterocycles. The first kappa shape index (κ1) is 18.3. The minimum atomic E-state index is -1.26. The van der Waals surface area contributed by atoms with E-state index in [0.29, 0.717) is 12.2 Å². The number of halogens is 1. The fourth-order valence-electron chi connectivity index (χ4n) is 2.42. The average Bonchev–Trinajstić information content (AvgIpc) is 2.97. The molecule has 1 aromatic heterocycles. The highest BCUT2D eigenvalue weighted by Gasteiger charge is 2.20. The molecule has 0 fully saturated rings. The molecule has 132 valence electrons. The Kier molecular flexibility index (Phi) is 6.02. The zero-order chi connectivity index (χ0) is 18.4. The highest BCUT2D eigenvalue weighted by atomic mass is 19.1. The van der Waals surface area contributed by atoms with Crippen molar-refractivity contribution in [3.05, 3.63) is 53.5 Å². The van der Waals surface area contributed by atoms with Crippen LogP contribution in [0.15, 0.2) is 36.4 Å². The molecule has 7 nitrogen and oxygen atoms in total. The topological polar surface area (TPSA) is 107 Å². The van der Waals surface area contributed by atoms with Crippen molar-refractivity contribution in [3.63, 3.8) is 0 Å². The van der Waals surface area contributed by atoms with Gasteiger partial charge in [-0.05, 0) is 31.3 Å². The van der Waals surface area contributed by atoms with Crippen LogP contribution in [0.2, 0.25) is 0 Å². The van der Waals surface area contributed by atoms with E-state index in [0.717, 1.165) is 30.8 Å². The number of aromatic nitrogens is 2. The van der Waals surface area contributed by atoms with Crippen molar-refractivity contribution in [1.82, 2.24) is 15.1 Å². The lowest BCUT2D eigenvalue weighted by Crippen LogP contribution is -2.26. The number of rotatable bonds is 3. The largest absolute Gasteiger partial charge is 0.478 e. The Morgan fingerprint density at radius 2 is 1.80 bits per heavy atom. The van der Waals surface area contributed by atoms with Gasteiger partial charge in [-0.2, -0.15) is 5.10 Å². The van der Waals surface area contributed by atoms with Crippen LogP contribution in [0, 0.1) is 5.82 Å². The zero-order valence-electron chi connectivity index (χ0n) is 13.6. The Morgan fingerprint density at radius 1 is 1.20 bits per heavy atom. The minimum Gasteiger partial charge on any atom is -0.478 e. The van der Waals surface area contributed by atoms with Gasteiger partial charge in [-0.1, -0.05) is 0 Å². The fourth-order valence-corrected chi connectivity index (χ4v) is 2.42. The molecule has 8 heteroatoms. The summed E-state index contributed by atoms with van der Waals surface area (Å²) in [7, 11) is 2.10. The normalized spacial score (nSPS) is 13.8. The standard InChI is InChI=1S/C13H14FN3.C4H4O4/c1-17-7-6-12-11(8-17)13(16-15-12)9-2-4-10(14)5-3-9;5-3(6)1-2-4(7)8/h2-5H,6-8H2,1H3,(H,15,16);1-2H,(H,5,6)(H,7,8)/b;2-1+. The van der Waals surface area contributed by atoms with Crippen LogP contribution in [0.25, 0.3) is 11.3 Å². The van der Waals surface area contributed by atoms with Crippen molar-refractivity contribution in [3.8, 4) is 11.3 Å². The van der Waals surface area contributed by atoms with Gasteiger partial charge in [-0.3, -0.25) is 5.10 Å². The second-order valence-electron chi connectivity index (χ2n) is 5.53. The van der Waals surface area contributed by atoms with E-state index in [1.54, 1.807) is 12.1 Å². The van der Waals surface area contributed by atoms with E-state index in [4.69, 9.17) is 10.2 Å². The lowest BCUT2D eigenvalue weighted by molar-refractivity contribution is -0.134. The fraction of sp³-hybridized carbons (Fsp3) is 0.235. The summed E-state index contributed by atoms with van der Waals surface area (Å²) in [5.74, 6) is -2.73. The SMILES string of the molecule is CN1CCc2[nH]nc(-c3ccc(F)cc3)c2C1.O=C(O)/C=C/C(=O)O. The predicted molar refractivity (Wildman–Crippen MR) is 88.4 cm³/mol. The third-order valence-electron chi connectivity index (χ3n) is 3.61. The van der Waals surface area contributed by atoms with Crippen molar-refractivity contribution in [1.29, 1.82) is 0 Å². The number of fused-ring (bicyclic) bond motifs is 1. The molecule has 0 bridgehead atoms. The van der Waals surface area contributed by atoms with E-state index in [2.05, 4.69) is 22.1 Å². The maximum atomic E-state index is 12.9. The number of carbonyl (C=O) groups is 2. The summed E-state index contributed by atoms with van der Waals surface area (Å²) in [5, 5.41) is 23.1. The van der Waals surface area contributed by atoms with E-state index < -0.39 is 11.9 Å². The van der Waals surface area contributed by atoms with Gasteiger partial charge < -0.3 is 15.1 Å². The molecule has 0 atom stereocenters. The van der Waals surface area contributed by atoms with Crippen molar-refractivity contribution < 1.29 is 24.2 Å². The monoisotopic (exact) mass is 347 g/mol. The molecule has 3 rings (SSSR count). The number of nitrogens with one attached hydrogen (secondary N) is 1. The Balaban J connectivity index is 0.000000242. The minimum absolute atomic E-state index is 0.213. The quantitative estimate of drug-likeness (QED) is 0.733. The van der Waals surface area contributed by atoms with Gasteiger partial charge in [-0.25, -0.2) is 14.0 Å². The van der Waals surface area contributed by atoms with Gasteiger partial charge in [0.15, 0.2) is 0 Å². The van der Waals surface area contributed by atoms with Gasteiger partial charge in [-0.15, -0.1) is 0 Å². The second-order valence-corrected chi connectivity index (χ2v) is 5.53. The van der Waals surface area contributed by atoms with Crippen LogP contribution in [-0.2, 0) is 22.6 Å². The number of hydrogen-bond acceptors (Lipinski definition) is 4. The van der Waals surface area contributed by atoms with E-state index in [1.807, 2.05) is 0 Å². The molecule has 1 aromatic carbocycles. The third-order valence-corrected chi connectivity index (χ3v) is 3.61. The van der Waals surface area contributed by atoms with Gasteiger partial charge in [0.2, 0.25) is 0 Å². The summed E-state index contributed by atoms with van der Waals surface area (Å²) >= 11 is 0. The number of aromatic amines is 1. The van der Waals surface area contributed by atoms with Crippen molar-refractivity contribution in [2.75, 3.05) is 13.6 Å². The molecule has 0 radical (unpaired) electrons. The summed E-state index contributed by atoms with van der Waals surface area (Å²) in [6.45, 7) is 1.95. The summed E-state index contributed by atoms with van der Waals surface area (Å²) in [6.07, 6.45) is 2.12. The Bertz CT molecular complexity index is 768. The van der Waals surface area contributed by atoms with E-state index >= 15 is 0 Å². The lowest BCUT2D eigenvalue weighted by Gasteiger charge is -2.22. The van der Waals surface area contributed by atoms with Crippen molar-refractivity contribution in [2.24, 2.45) is 0 Å². The van der Waals surface area contributed by atoms with Crippen molar-refractivity contribution >= 4 is 11.9 Å². The highest BCUT2D eigenvalue weighted by molar-refractivity contribution is 5.89. The van der Waals surface area contributed by atoms with E-state index in [1.165, 1.54) is 23.4 Å². The number of hydrogen-bond donors (Lipinski definition) is 3. The van der Waals surface area contributed by atoms with E-state index in [9.17, 15) is 14.0 Å². The Labute approximate surface area is 143 Å². The average molecular weight is 347 g/mol. The predicted octanol–water partition coefficient (Wildman–Crippen LogP) is 1.92. The second kappa shape index (κ2) is 8.20. The molecule has 3 N–H and O–H groups in total. The smallest absolute Gasteiger partial charge is 0.328 e. The number of H-pyrrole nitrogens is 1. The molecule has 0 aliphatic carbocycles. The maximum absolute atomic E-state index is 12.9. The van der Waals surface area contributed by atoms with E-state index in [-0.39, 0.29) is 5.82 Å². The summed E-state index contributed by atoms with van der Waals surface area (Å²) in [6, 6.07) is 6.51. The molecule has 25 heavy (non-hydrogen) atoms. The van der Waals surface area contributed by atoms with Gasteiger partial charge in [0.25, 0.3) is 0 Å². The molecule has 0 spiro atoms. The van der Waals surface area contributed by atoms with Gasteiger partial charge >= 0.3 is 11.9 Å².